The molecule has 1 aromatic carbocycles. The summed E-state index contributed by atoms with van der Waals surface area (Å²) in [6.07, 6.45) is -2.30. The number of halogens is 4. The fraction of sp³-hybridized carbons (Fsp3) is 0.250. The van der Waals surface area contributed by atoms with Crippen LogP contribution < -0.4 is 4.74 Å². The van der Waals surface area contributed by atoms with Crippen LogP contribution in [0.5, 0.6) is 5.75 Å². The summed E-state index contributed by atoms with van der Waals surface area (Å²) in [4.78, 5) is 11.1. The fourth-order valence-electron chi connectivity index (χ4n) is 1.18. The maximum absolute atomic E-state index is 12.1. The summed E-state index contributed by atoms with van der Waals surface area (Å²) in [7, 11) is 0. The van der Waals surface area contributed by atoms with Gasteiger partial charge < -0.3 is 9.47 Å². The van der Waals surface area contributed by atoms with Gasteiger partial charge in [0, 0.05) is 6.08 Å². The van der Waals surface area contributed by atoms with Crippen molar-refractivity contribution in [3.63, 3.8) is 0 Å². The first-order valence-corrected chi connectivity index (χ1v) is 6.01. The summed E-state index contributed by atoms with van der Waals surface area (Å²) < 4.78 is 45.0. The van der Waals surface area contributed by atoms with Crippen molar-refractivity contribution in [1.82, 2.24) is 0 Å². The average Bonchev–Trinajstić information content (AvgIpc) is 2.29. The van der Waals surface area contributed by atoms with Gasteiger partial charge in [-0.2, -0.15) is 0 Å². The minimum Gasteiger partial charge on any atom is -0.463 e. The molecule has 0 spiro atoms. The van der Waals surface area contributed by atoms with E-state index < -0.39 is 12.3 Å². The number of esters is 1. The summed E-state index contributed by atoms with van der Waals surface area (Å²) in [6, 6.07) is 4.09. The van der Waals surface area contributed by atoms with E-state index in [2.05, 4.69) is 25.4 Å². The average molecular weight is 339 g/mol. The minimum atomic E-state index is -4.77. The summed E-state index contributed by atoms with van der Waals surface area (Å²) in [5.41, 5.74) is 0.385. The van der Waals surface area contributed by atoms with E-state index >= 15 is 0 Å². The van der Waals surface area contributed by atoms with E-state index in [0.29, 0.717) is 5.56 Å². The molecule has 0 fully saturated rings. The van der Waals surface area contributed by atoms with E-state index in [4.69, 9.17) is 0 Å². The largest absolute Gasteiger partial charge is 0.573 e. The number of ether oxygens (including phenoxy) is 2. The molecule has 0 saturated carbocycles. The third-order valence-electron chi connectivity index (χ3n) is 1.88. The molecule has 0 aliphatic rings. The molecular formula is C12H10BrF3O3. The van der Waals surface area contributed by atoms with Crippen LogP contribution in [0.1, 0.15) is 12.5 Å². The molecule has 0 atom stereocenters. The minimum absolute atomic E-state index is 0.165. The molecule has 0 saturated heterocycles. The number of hydrogen-bond donors (Lipinski definition) is 0. The van der Waals surface area contributed by atoms with Crippen LogP contribution in [0, 0.1) is 0 Å². The predicted octanol–water partition coefficient (Wildman–Crippen LogP) is 3.92. The second-order valence-electron chi connectivity index (χ2n) is 3.32. The highest BCUT2D eigenvalue weighted by molar-refractivity contribution is 9.10. The number of carbonyl (C=O) groups is 1. The third kappa shape index (κ3) is 5.78. The lowest BCUT2D eigenvalue weighted by molar-refractivity contribution is -0.274. The van der Waals surface area contributed by atoms with Crippen LogP contribution in [-0.4, -0.2) is 18.9 Å². The Kier molecular flexibility index (Phi) is 5.41. The molecule has 0 radical (unpaired) electrons. The van der Waals surface area contributed by atoms with Gasteiger partial charge in [0.05, 0.1) is 11.1 Å². The standard InChI is InChI=1S/C12H10BrF3O3/c1-2-18-11(17)6-4-8-3-5-9(13)10(7-8)19-12(14,15)16/h3-7H,2H2,1H3/b6-4+. The number of rotatable bonds is 4. The monoisotopic (exact) mass is 338 g/mol. The number of alkyl halides is 3. The van der Waals surface area contributed by atoms with Crippen LogP contribution in [0.25, 0.3) is 6.08 Å². The van der Waals surface area contributed by atoms with Crippen molar-refractivity contribution in [3.05, 3.63) is 34.3 Å². The SMILES string of the molecule is CCOC(=O)/C=C/c1ccc(Br)c(OC(F)(F)F)c1. The first-order chi connectivity index (χ1) is 8.81. The Bertz CT molecular complexity index is 484. The Morgan fingerprint density at radius 1 is 1.42 bits per heavy atom. The van der Waals surface area contributed by atoms with E-state index in [1.54, 1.807) is 6.92 Å². The molecule has 1 rings (SSSR count). The van der Waals surface area contributed by atoms with Crippen molar-refractivity contribution in [1.29, 1.82) is 0 Å². The molecule has 3 nitrogen and oxygen atoms in total. The Balaban J connectivity index is 2.87. The first-order valence-electron chi connectivity index (χ1n) is 5.22. The highest BCUT2D eigenvalue weighted by Gasteiger charge is 2.31. The number of carbonyl (C=O) groups excluding carboxylic acids is 1. The Hall–Kier alpha value is -1.50. The summed E-state index contributed by atoms with van der Waals surface area (Å²) in [6.45, 7) is 1.88. The zero-order valence-electron chi connectivity index (χ0n) is 9.83. The Labute approximate surface area is 116 Å². The Morgan fingerprint density at radius 3 is 2.68 bits per heavy atom. The maximum atomic E-state index is 12.1. The Morgan fingerprint density at radius 2 is 2.11 bits per heavy atom. The smallest absolute Gasteiger partial charge is 0.463 e. The van der Waals surface area contributed by atoms with Crippen molar-refractivity contribution < 1.29 is 27.4 Å². The summed E-state index contributed by atoms with van der Waals surface area (Å²) in [5.74, 6) is -0.942. The molecule has 0 heterocycles. The van der Waals surface area contributed by atoms with Crippen molar-refractivity contribution >= 4 is 28.0 Å². The summed E-state index contributed by atoms with van der Waals surface area (Å²) in [5, 5.41) is 0. The highest BCUT2D eigenvalue weighted by Crippen LogP contribution is 2.31. The van der Waals surface area contributed by atoms with E-state index in [9.17, 15) is 18.0 Å². The van der Waals surface area contributed by atoms with Crippen molar-refractivity contribution in [2.75, 3.05) is 6.61 Å². The van der Waals surface area contributed by atoms with E-state index in [1.165, 1.54) is 18.2 Å². The van der Waals surface area contributed by atoms with E-state index in [0.717, 1.165) is 12.1 Å². The maximum Gasteiger partial charge on any atom is 0.573 e. The van der Waals surface area contributed by atoms with Gasteiger partial charge in [-0.05, 0) is 46.6 Å². The molecule has 0 unspecified atom stereocenters. The van der Waals surface area contributed by atoms with Crippen molar-refractivity contribution in [2.45, 2.75) is 13.3 Å². The van der Waals surface area contributed by atoms with Gasteiger partial charge in [0.1, 0.15) is 5.75 Å². The van der Waals surface area contributed by atoms with Gasteiger partial charge in [-0.1, -0.05) is 6.07 Å². The van der Waals surface area contributed by atoms with Gasteiger partial charge in [0.2, 0.25) is 0 Å². The van der Waals surface area contributed by atoms with Gasteiger partial charge in [0.15, 0.2) is 0 Å². The van der Waals surface area contributed by atoms with Gasteiger partial charge in [-0.25, -0.2) is 4.79 Å². The van der Waals surface area contributed by atoms with E-state index in [-0.39, 0.29) is 16.8 Å². The van der Waals surface area contributed by atoms with E-state index in [1.807, 2.05) is 0 Å². The van der Waals surface area contributed by atoms with Crippen molar-refractivity contribution in [3.8, 4) is 5.75 Å². The van der Waals surface area contributed by atoms with Crippen molar-refractivity contribution in [2.24, 2.45) is 0 Å². The molecule has 19 heavy (non-hydrogen) atoms. The van der Waals surface area contributed by atoms with Crippen LogP contribution in [0.2, 0.25) is 0 Å². The topological polar surface area (TPSA) is 35.5 Å². The lowest BCUT2D eigenvalue weighted by atomic mass is 10.2. The zero-order chi connectivity index (χ0) is 14.5. The molecule has 7 heteroatoms. The zero-order valence-corrected chi connectivity index (χ0v) is 11.4. The highest BCUT2D eigenvalue weighted by atomic mass is 79.9. The normalized spacial score (nSPS) is 11.6. The van der Waals surface area contributed by atoms with Gasteiger partial charge in [-0.15, -0.1) is 13.2 Å². The first kappa shape index (κ1) is 15.6. The second-order valence-corrected chi connectivity index (χ2v) is 4.18. The lowest BCUT2D eigenvalue weighted by Crippen LogP contribution is -2.17. The van der Waals surface area contributed by atoms with Crippen LogP contribution in [0.4, 0.5) is 13.2 Å². The predicted molar refractivity (Wildman–Crippen MR) is 66.5 cm³/mol. The molecule has 0 amide bonds. The van der Waals surface area contributed by atoms with Crippen LogP contribution in [0.15, 0.2) is 28.7 Å². The summed E-state index contributed by atoms with van der Waals surface area (Å²) >= 11 is 2.95. The van der Waals surface area contributed by atoms with Crippen LogP contribution >= 0.6 is 15.9 Å². The molecular weight excluding hydrogens is 329 g/mol. The molecule has 1 aromatic rings. The number of benzene rings is 1. The van der Waals surface area contributed by atoms with Gasteiger partial charge in [-0.3, -0.25) is 0 Å². The molecule has 104 valence electrons. The molecule has 0 aliphatic carbocycles. The quantitative estimate of drug-likeness (QED) is 0.616. The second kappa shape index (κ2) is 6.60. The fourth-order valence-corrected chi connectivity index (χ4v) is 1.51. The molecule has 0 bridgehead atoms. The van der Waals surface area contributed by atoms with Gasteiger partial charge in [0.25, 0.3) is 0 Å². The molecule has 0 aromatic heterocycles. The van der Waals surface area contributed by atoms with Crippen LogP contribution in [-0.2, 0) is 9.53 Å². The number of hydrogen-bond acceptors (Lipinski definition) is 3. The third-order valence-corrected chi connectivity index (χ3v) is 2.53. The molecule has 0 N–H and O–H groups in total. The molecule has 0 aliphatic heterocycles. The van der Waals surface area contributed by atoms with Crippen LogP contribution in [0.3, 0.4) is 0 Å². The van der Waals surface area contributed by atoms with Gasteiger partial charge >= 0.3 is 12.3 Å². The lowest BCUT2D eigenvalue weighted by Gasteiger charge is -2.10.